The average Bonchev–Trinajstić information content (AvgIpc) is 1.97. The summed E-state index contributed by atoms with van der Waals surface area (Å²) in [6.45, 7) is 6.32. The molecule has 3 heteroatoms. The van der Waals surface area contributed by atoms with E-state index in [2.05, 4.69) is 18.7 Å². The number of unbranched alkanes of at least 4 members (excludes halogenated alkanes) is 1. The number of thiocarbonyl (C=S) groups is 1. The van der Waals surface area contributed by atoms with Crippen molar-refractivity contribution >= 4 is 17.3 Å². The van der Waals surface area contributed by atoms with Crippen molar-refractivity contribution in [2.45, 2.75) is 33.1 Å². The summed E-state index contributed by atoms with van der Waals surface area (Å²) in [7, 11) is 0. The van der Waals surface area contributed by atoms with E-state index in [9.17, 15) is 0 Å². The van der Waals surface area contributed by atoms with Gasteiger partial charge in [0.05, 0.1) is 0 Å². The lowest BCUT2D eigenvalue weighted by Crippen LogP contribution is -2.36. The predicted octanol–water partition coefficient (Wildman–Crippen LogP) is 1.74. The third-order valence-corrected chi connectivity index (χ3v) is 1.84. The summed E-state index contributed by atoms with van der Waals surface area (Å²) in [5.41, 5.74) is 5.52. The molecule has 0 aliphatic carbocycles. The fraction of sp³-hybridized carbons (Fsp3) is 0.875. The van der Waals surface area contributed by atoms with Gasteiger partial charge < -0.3 is 10.6 Å². The molecule has 0 aromatic carbocycles. The average molecular weight is 174 g/mol. The Kier molecular flexibility index (Phi) is 6.22. The zero-order chi connectivity index (χ0) is 8.69. The van der Waals surface area contributed by atoms with Gasteiger partial charge in [-0.2, -0.15) is 0 Å². The van der Waals surface area contributed by atoms with Crippen molar-refractivity contribution in [3.63, 3.8) is 0 Å². The summed E-state index contributed by atoms with van der Waals surface area (Å²) >= 11 is 4.90. The minimum Gasteiger partial charge on any atom is -0.376 e. The second-order valence-corrected chi connectivity index (χ2v) is 3.10. The van der Waals surface area contributed by atoms with E-state index in [0.717, 1.165) is 19.5 Å². The SMILES string of the molecule is CCCCN(CCC)C(N)=S. The van der Waals surface area contributed by atoms with Crippen LogP contribution in [0, 0.1) is 0 Å². The van der Waals surface area contributed by atoms with Crippen LogP contribution in [-0.4, -0.2) is 23.1 Å². The summed E-state index contributed by atoms with van der Waals surface area (Å²) in [5, 5.41) is 0.542. The predicted molar refractivity (Wildman–Crippen MR) is 53.6 cm³/mol. The smallest absolute Gasteiger partial charge is 0.166 e. The van der Waals surface area contributed by atoms with Crippen molar-refractivity contribution in [3.05, 3.63) is 0 Å². The van der Waals surface area contributed by atoms with Crippen LogP contribution < -0.4 is 5.73 Å². The Labute approximate surface area is 74.8 Å². The van der Waals surface area contributed by atoms with Crippen molar-refractivity contribution in [1.29, 1.82) is 0 Å². The van der Waals surface area contributed by atoms with Gasteiger partial charge in [-0.15, -0.1) is 0 Å². The first-order valence-electron chi connectivity index (χ1n) is 4.26. The van der Waals surface area contributed by atoms with Crippen molar-refractivity contribution in [3.8, 4) is 0 Å². The molecular weight excluding hydrogens is 156 g/mol. The Balaban J connectivity index is 3.60. The van der Waals surface area contributed by atoms with E-state index < -0.39 is 0 Å². The molecule has 0 atom stereocenters. The molecule has 0 aliphatic rings. The molecule has 2 nitrogen and oxygen atoms in total. The fourth-order valence-electron chi connectivity index (χ4n) is 0.951. The van der Waals surface area contributed by atoms with E-state index in [1.54, 1.807) is 0 Å². The molecule has 0 saturated carbocycles. The first kappa shape index (κ1) is 10.7. The Bertz CT molecular complexity index is 115. The van der Waals surface area contributed by atoms with E-state index >= 15 is 0 Å². The highest BCUT2D eigenvalue weighted by atomic mass is 32.1. The van der Waals surface area contributed by atoms with Crippen molar-refractivity contribution in [2.24, 2.45) is 5.73 Å². The molecule has 11 heavy (non-hydrogen) atoms. The Morgan fingerprint density at radius 2 is 1.91 bits per heavy atom. The van der Waals surface area contributed by atoms with Gasteiger partial charge in [0.2, 0.25) is 0 Å². The zero-order valence-corrected chi connectivity index (χ0v) is 8.28. The van der Waals surface area contributed by atoms with Gasteiger partial charge in [0, 0.05) is 13.1 Å². The first-order chi connectivity index (χ1) is 5.22. The largest absolute Gasteiger partial charge is 0.376 e. The number of hydrogen-bond donors (Lipinski definition) is 1. The van der Waals surface area contributed by atoms with E-state index in [0.29, 0.717) is 5.11 Å². The Hall–Kier alpha value is -0.310. The summed E-state index contributed by atoms with van der Waals surface area (Å²) < 4.78 is 0. The van der Waals surface area contributed by atoms with Crippen molar-refractivity contribution in [2.75, 3.05) is 13.1 Å². The molecule has 0 radical (unpaired) electrons. The van der Waals surface area contributed by atoms with Crippen LogP contribution in [0.15, 0.2) is 0 Å². The van der Waals surface area contributed by atoms with Crippen LogP contribution in [0.2, 0.25) is 0 Å². The highest BCUT2D eigenvalue weighted by Crippen LogP contribution is 1.96. The van der Waals surface area contributed by atoms with Gasteiger partial charge in [0.15, 0.2) is 5.11 Å². The molecule has 66 valence electrons. The van der Waals surface area contributed by atoms with E-state index in [1.165, 1.54) is 12.8 Å². The first-order valence-corrected chi connectivity index (χ1v) is 4.67. The topological polar surface area (TPSA) is 29.3 Å². The summed E-state index contributed by atoms with van der Waals surface area (Å²) in [4.78, 5) is 2.07. The van der Waals surface area contributed by atoms with Crippen molar-refractivity contribution < 1.29 is 0 Å². The molecule has 2 N–H and O–H groups in total. The number of nitrogens with zero attached hydrogens (tertiary/aromatic N) is 1. The second kappa shape index (κ2) is 6.40. The van der Waals surface area contributed by atoms with Gasteiger partial charge in [-0.05, 0) is 25.1 Å². The van der Waals surface area contributed by atoms with Gasteiger partial charge in [-0.25, -0.2) is 0 Å². The zero-order valence-electron chi connectivity index (χ0n) is 7.47. The highest BCUT2D eigenvalue weighted by Gasteiger charge is 2.02. The van der Waals surface area contributed by atoms with E-state index in [4.69, 9.17) is 18.0 Å². The monoisotopic (exact) mass is 174 g/mol. The van der Waals surface area contributed by atoms with Crippen LogP contribution in [0.1, 0.15) is 33.1 Å². The molecule has 0 rings (SSSR count). The minimum atomic E-state index is 0.542. The normalized spacial score (nSPS) is 9.64. The maximum atomic E-state index is 5.52. The van der Waals surface area contributed by atoms with Gasteiger partial charge in [-0.1, -0.05) is 20.3 Å². The molecule has 0 aromatic heterocycles. The minimum absolute atomic E-state index is 0.542. The molecule has 0 unspecified atom stereocenters. The van der Waals surface area contributed by atoms with Gasteiger partial charge in [-0.3, -0.25) is 0 Å². The molecule has 0 fully saturated rings. The molecule has 0 amide bonds. The molecular formula is C8H18N2S. The van der Waals surface area contributed by atoms with Crippen LogP contribution >= 0.6 is 12.2 Å². The third kappa shape index (κ3) is 5.01. The van der Waals surface area contributed by atoms with E-state index in [1.807, 2.05) is 0 Å². The van der Waals surface area contributed by atoms with Crippen LogP contribution in [0.3, 0.4) is 0 Å². The Morgan fingerprint density at radius 3 is 2.27 bits per heavy atom. The Morgan fingerprint density at radius 1 is 1.27 bits per heavy atom. The summed E-state index contributed by atoms with van der Waals surface area (Å²) in [6, 6.07) is 0. The quantitative estimate of drug-likeness (QED) is 0.644. The summed E-state index contributed by atoms with van der Waals surface area (Å²) in [6.07, 6.45) is 3.49. The molecule has 0 aromatic rings. The van der Waals surface area contributed by atoms with Gasteiger partial charge in [0.25, 0.3) is 0 Å². The lowest BCUT2D eigenvalue weighted by atomic mass is 10.3. The lowest BCUT2D eigenvalue weighted by molar-refractivity contribution is 0.410. The maximum Gasteiger partial charge on any atom is 0.166 e. The van der Waals surface area contributed by atoms with Crippen LogP contribution in [0.4, 0.5) is 0 Å². The van der Waals surface area contributed by atoms with Crippen molar-refractivity contribution in [1.82, 2.24) is 4.90 Å². The van der Waals surface area contributed by atoms with Gasteiger partial charge >= 0.3 is 0 Å². The summed E-state index contributed by atoms with van der Waals surface area (Å²) in [5.74, 6) is 0. The molecule has 0 bridgehead atoms. The third-order valence-electron chi connectivity index (χ3n) is 1.59. The second-order valence-electron chi connectivity index (χ2n) is 2.68. The molecule has 0 heterocycles. The van der Waals surface area contributed by atoms with Crippen LogP contribution in [0.5, 0.6) is 0 Å². The molecule has 0 saturated heterocycles. The fourth-order valence-corrected chi connectivity index (χ4v) is 1.13. The number of hydrogen-bond acceptors (Lipinski definition) is 1. The van der Waals surface area contributed by atoms with E-state index in [-0.39, 0.29) is 0 Å². The van der Waals surface area contributed by atoms with Crippen LogP contribution in [-0.2, 0) is 0 Å². The maximum absolute atomic E-state index is 5.52. The highest BCUT2D eigenvalue weighted by molar-refractivity contribution is 7.80. The standard InChI is InChI=1S/C8H18N2S/c1-3-5-7-10(6-4-2)8(9)11/h3-7H2,1-2H3,(H2,9,11). The molecule has 0 aliphatic heterocycles. The molecule has 0 spiro atoms. The van der Waals surface area contributed by atoms with Gasteiger partial charge in [0.1, 0.15) is 0 Å². The number of nitrogens with two attached hydrogens (primary N) is 1. The van der Waals surface area contributed by atoms with Crippen LogP contribution in [0.25, 0.3) is 0 Å². The number of rotatable bonds is 5. The lowest BCUT2D eigenvalue weighted by Gasteiger charge is -2.21.